The van der Waals surface area contributed by atoms with Gasteiger partial charge in [0.2, 0.25) is 0 Å². The fraction of sp³-hybridized carbons (Fsp3) is 0.778. The summed E-state index contributed by atoms with van der Waals surface area (Å²) >= 11 is 5.18. The second kappa shape index (κ2) is 5.93. The van der Waals surface area contributed by atoms with E-state index in [-0.39, 0.29) is 6.42 Å². The Labute approximate surface area is 89.2 Å². The van der Waals surface area contributed by atoms with Gasteiger partial charge in [-0.25, -0.2) is 5.43 Å². The van der Waals surface area contributed by atoms with Crippen LogP contribution in [0.2, 0.25) is 0 Å². The fourth-order valence-corrected chi connectivity index (χ4v) is 1.73. The van der Waals surface area contributed by atoms with Crippen LogP contribution in [-0.2, 0) is 4.79 Å². The number of piperidine rings is 1. The number of hydrogen-bond acceptors (Lipinski definition) is 3. The number of hydrazine groups is 1. The summed E-state index contributed by atoms with van der Waals surface area (Å²) < 4.78 is 0. The molecule has 0 aromatic rings. The highest BCUT2D eigenvalue weighted by atomic mass is 32.1. The van der Waals surface area contributed by atoms with Crippen LogP contribution in [0.4, 0.5) is 0 Å². The number of hydrogen-bond donors (Lipinski definition) is 2. The average Bonchev–Trinajstić information content (AvgIpc) is 2.15. The summed E-state index contributed by atoms with van der Waals surface area (Å²) in [5.74, 6) is -0.743. The molecule has 1 fully saturated rings. The van der Waals surface area contributed by atoms with Gasteiger partial charge in [-0.05, 0) is 25.7 Å². The van der Waals surface area contributed by atoms with Gasteiger partial charge in [0.1, 0.15) is 0 Å². The van der Waals surface area contributed by atoms with Crippen LogP contribution < -0.4 is 5.43 Å². The molecule has 0 aromatic heterocycles. The third kappa shape index (κ3) is 4.02. The Balaban J connectivity index is 2.10. The first-order valence-corrected chi connectivity index (χ1v) is 5.36. The molecule has 14 heavy (non-hydrogen) atoms. The summed E-state index contributed by atoms with van der Waals surface area (Å²) in [5, 5.41) is 10.4. The molecule has 0 saturated carbocycles. The molecule has 0 radical (unpaired) electrons. The zero-order chi connectivity index (χ0) is 10.4. The molecule has 1 aliphatic rings. The molecule has 1 aliphatic heterocycles. The van der Waals surface area contributed by atoms with Gasteiger partial charge in [-0.2, -0.15) is 0 Å². The van der Waals surface area contributed by atoms with E-state index in [1.54, 1.807) is 0 Å². The maximum atomic E-state index is 10.2. The molecular weight excluding hydrogens is 200 g/mol. The quantitative estimate of drug-likeness (QED) is 0.533. The molecule has 0 aromatic carbocycles. The molecule has 4 nitrogen and oxygen atoms in total. The predicted molar refractivity (Wildman–Crippen MR) is 58.0 cm³/mol. The molecule has 1 heterocycles. The van der Waals surface area contributed by atoms with Crippen LogP contribution in [0.15, 0.2) is 0 Å². The van der Waals surface area contributed by atoms with Gasteiger partial charge in [0, 0.05) is 19.5 Å². The zero-order valence-electron chi connectivity index (χ0n) is 8.16. The summed E-state index contributed by atoms with van der Waals surface area (Å²) in [6.45, 7) is 1.64. The molecule has 1 rings (SSSR count). The van der Waals surface area contributed by atoms with E-state index < -0.39 is 5.97 Å². The SMILES string of the molecule is O=C(O)CCCNN1CCCCC1=S. The Bertz CT molecular complexity index is 221. The van der Waals surface area contributed by atoms with Gasteiger partial charge in [0.15, 0.2) is 0 Å². The van der Waals surface area contributed by atoms with Crippen molar-refractivity contribution in [2.75, 3.05) is 13.1 Å². The average molecular weight is 216 g/mol. The van der Waals surface area contributed by atoms with Crippen LogP contribution in [-0.4, -0.2) is 34.2 Å². The molecule has 0 spiro atoms. The van der Waals surface area contributed by atoms with E-state index in [1.807, 2.05) is 5.01 Å². The zero-order valence-corrected chi connectivity index (χ0v) is 8.98. The Kier molecular flexibility index (Phi) is 4.82. The van der Waals surface area contributed by atoms with Crippen molar-refractivity contribution in [1.82, 2.24) is 10.4 Å². The van der Waals surface area contributed by atoms with Crippen molar-refractivity contribution in [3.63, 3.8) is 0 Å². The lowest BCUT2D eigenvalue weighted by atomic mass is 10.2. The molecular formula is C9H16N2O2S. The van der Waals surface area contributed by atoms with Crippen molar-refractivity contribution in [3.05, 3.63) is 0 Å². The van der Waals surface area contributed by atoms with Gasteiger partial charge >= 0.3 is 5.97 Å². The summed E-state index contributed by atoms with van der Waals surface area (Å²) in [6, 6.07) is 0. The maximum Gasteiger partial charge on any atom is 0.303 e. The van der Waals surface area contributed by atoms with Crippen molar-refractivity contribution >= 4 is 23.2 Å². The van der Waals surface area contributed by atoms with Crippen LogP contribution >= 0.6 is 12.2 Å². The van der Waals surface area contributed by atoms with E-state index in [1.165, 1.54) is 6.42 Å². The number of carboxylic acid groups (broad SMARTS) is 1. The standard InChI is InChI=1S/C9H16N2O2S/c12-9(13)5-3-6-10-11-7-2-1-4-8(11)14/h10H,1-7H2,(H,12,13). The molecule has 0 aliphatic carbocycles. The lowest BCUT2D eigenvalue weighted by molar-refractivity contribution is -0.137. The Hall–Kier alpha value is -0.680. The number of thiocarbonyl (C=S) groups is 1. The number of carboxylic acids is 1. The summed E-state index contributed by atoms with van der Waals surface area (Å²) in [7, 11) is 0. The molecule has 0 unspecified atom stereocenters. The van der Waals surface area contributed by atoms with Crippen molar-refractivity contribution in [2.45, 2.75) is 32.1 Å². The monoisotopic (exact) mass is 216 g/mol. The highest BCUT2D eigenvalue weighted by molar-refractivity contribution is 7.80. The van der Waals surface area contributed by atoms with Gasteiger partial charge < -0.3 is 10.1 Å². The number of carbonyl (C=O) groups is 1. The van der Waals surface area contributed by atoms with Crippen LogP contribution in [0.5, 0.6) is 0 Å². The third-order valence-corrected chi connectivity index (χ3v) is 2.62. The highest BCUT2D eigenvalue weighted by Crippen LogP contribution is 2.09. The minimum atomic E-state index is -0.743. The van der Waals surface area contributed by atoms with Gasteiger partial charge in [0.05, 0.1) is 4.99 Å². The summed E-state index contributed by atoms with van der Waals surface area (Å²) in [5.41, 5.74) is 3.16. The topological polar surface area (TPSA) is 52.6 Å². The first-order valence-electron chi connectivity index (χ1n) is 4.96. The van der Waals surface area contributed by atoms with Crippen molar-refractivity contribution in [1.29, 1.82) is 0 Å². The smallest absolute Gasteiger partial charge is 0.303 e. The van der Waals surface area contributed by atoms with Gasteiger partial charge in [-0.3, -0.25) is 4.79 Å². The summed E-state index contributed by atoms with van der Waals surface area (Å²) in [6.07, 6.45) is 4.17. The minimum absolute atomic E-state index is 0.216. The lowest BCUT2D eigenvalue weighted by Gasteiger charge is -2.29. The Morgan fingerprint density at radius 2 is 2.36 bits per heavy atom. The fourth-order valence-electron chi connectivity index (χ4n) is 1.43. The van der Waals surface area contributed by atoms with Crippen LogP contribution in [0.1, 0.15) is 32.1 Å². The minimum Gasteiger partial charge on any atom is -0.481 e. The van der Waals surface area contributed by atoms with E-state index in [0.29, 0.717) is 13.0 Å². The van der Waals surface area contributed by atoms with Crippen LogP contribution in [0.25, 0.3) is 0 Å². The first kappa shape index (κ1) is 11.4. The van der Waals surface area contributed by atoms with Gasteiger partial charge in [0.25, 0.3) is 0 Å². The number of rotatable bonds is 5. The maximum absolute atomic E-state index is 10.2. The highest BCUT2D eigenvalue weighted by Gasteiger charge is 2.13. The van der Waals surface area contributed by atoms with Crippen molar-refractivity contribution in [2.24, 2.45) is 0 Å². The van der Waals surface area contributed by atoms with E-state index in [9.17, 15) is 4.79 Å². The molecule has 80 valence electrons. The normalized spacial score (nSPS) is 17.1. The largest absolute Gasteiger partial charge is 0.481 e. The second-order valence-electron chi connectivity index (χ2n) is 3.41. The molecule has 2 N–H and O–H groups in total. The molecule has 0 atom stereocenters. The molecule has 1 saturated heterocycles. The van der Waals surface area contributed by atoms with Gasteiger partial charge in [-0.15, -0.1) is 0 Å². The van der Waals surface area contributed by atoms with E-state index in [4.69, 9.17) is 17.3 Å². The van der Waals surface area contributed by atoms with Crippen LogP contribution in [0.3, 0.4) is 0 Å². The number of nitrogens with one attached hydrogen (secondary N) is 1. The summed E-state index contributed by atoms with van der Waals surface area (Å²) in [4.78, 5) is 11.2. The number of aliphatic carboxylic acids is 1. The van der Waals surface area contributed by atoms with E-state index in [2.05, 4.69) is 5.43 Å². The second-order valence-corrected chi connectivity index (χ2v) is 3.88. The van der Waals surface area contributed by atoms with Crippen LogP contribution in [0, 0.1) is 0 Å². The Morgan fingerprint density at radius 3 is 3.00 bits per heavy atom. The van der Waals surface area contributed by atoms with Gasteiger partial charge in [-0.1, -0.05) is 12.2 Å². The lowest BCUT2D eigenvalue weighted by Crippen LogP contribution is -2.45. The van der Waals surface area contributed by atoms with E-state index >= 15 is 0 Å². The Morgan fingerprint density at radius 1 is 1.57 bits per heavy atom. The van der Waals surface area contributed by atoms with Crippen molar-refractivity contribution < 1.29 is 9.90 Å². The van der Waals surface area contributed by atoms with Crippen molar-refractivity contribution in [3.8, 4) is 0 Å². The number of nitrogens with zero attached hydrogens (tertiary/aromatic N) is 1. The van der Waals surface area contributed by atoms with E-state index in [0.717, 1.165) is 24.4 Å². The molecule has 0 amide bonds. The molecule has 0 bridgehead atoms. The third-order valence-electron chi connectivity index (χ3n) is 2.19. The first-order chi connectivity index (χ1) is 6.70. The predicted octanol–water partition coefficient (Wildman–Crippen LogP) is 1.17. The molecule has 5 heteroatoms.